The average molecular weight is 366 g/mol. The van der Waals surface area contributed by atoms with Crippen molar-refractivity contribution in [2.75, 3.05) is 18.9 Å². The quantitative estimate of drug-likeness (QED) is 0.757. The first-order valence-corrected chi connectivity index (χ1v) is 8.02. The van der Waals surface area contributed by atoms with Crippen LogP contribution in [-0.2, 0) is 11.0 Å². The number of hydrogen-bond donors (Lipinski definition) is 3. The minimum absolute atomic E-state index is 0.113. The average Bonchev–Trinajstić information content (AvgIpc) is 3.39. The first-order chi connectivity index (χ1) is 12.3. The van der Waals surface area contributed by atoms with E-state index in [2.05, 4.69) is 20.8 Å². The second kappa shape index (κ2) is 6.91. The molecule has 1 saturated carbocycles. The number of hydrogen-bond acceptors (Lipinski definition) is 5. The Morgan fingerprint density at radius 3 is 2.58 bits per heavy atom. The second-order valence-corrected chi connectivity index (χ2v) is 6.12. The highest BCUT2D eigenvalue weighted by atomic mass is 19.4. The topological polar surface area (TPSA) is 87.1 Å². The van der Waals surface area contributed by atoms with Crippen LogP contribution in [0.3, 0.4) is 0 Å². The van der Waals surface area contributed by atoms with Crippen molar-refractivity contribution in [1.82, 2.24) is 15.5 Å². The Morgan fingerprint density at radius 1 is 1.27 bits per heavy atom. The number of carbonyl (C=O) groups excluding carboxylic acids is 1. The molecule has 1 aliphatic rings. The fraction of sp³-hybridized carbons (Fsp3) is 0.353. The summed E-state index contributed by atoms with van der Waals surface area (Å²) in [7, 11) is 1.64. The van der Waals surface area contributed by atoms with E-state index < -0.39 is 17.5 Å². The van der Waals surface area contributed by atoms with Crippen LogP contribution < -0.4 is 10.6 Å². The van der Waals surface area contributed by atoms with Gasteiger partial charge in [-0.05, 0) is 55.6 Å². The number of benzene rings is 1. The number of anilines is 1. The molecule has 0 bridgehead atoms. The zero-order chi connectivity index (χ0) is 18.9. The zero-order valence-corrected chi connectivity index (χ0v) is 13.9. The minimum atomic E-state index is -4.54. The molecule has 0 atom stereocenters. The maximum atomic E-state index is 12.8. The van der Waals surface area contributed by atoms with Crippen molar-refractivity contribution in [1.29, 1.82) is 0 Å². The van der Waals surface area contributed by atoms with E-state index >= 15 is 0 Å². The largest absolute Gasteiger partial charge is 0.507 e. The Kier molecular flexibility index (Phi) is 4.82. The summed E-state index contributed by atoms with van der Waals surface area (Å²) in [5.41, 5.74) is 0.316. The summed E-state index contributed by atoms with van der Waals surface area (Å²) in [5.74, 6) is -0.346. The molecule has 0 aliphatic heterocycles. The van der Waals surface area contributed by atoms with Gasteiger partial charge in [-0.25, -0.2) is 0 Å². The van der Waals surface area contributed by atoms with E-state index in [1.165, 1.54) is 6.07 Å². The maximum Gasteiger partial charge on any atom is 0.416 e. The summed E-state index contributed by atoms with van der Waals surface area (Å²) in [6, 6.07) is 4.42. The summed E-state index contributed by atoms with van der Waals surface area (Å²) in [4.78, 5) is 11.7. The van der Waals surface area contributed by atoms with E-state index in [0.29, 0.717) is 11.8 Å². The molecule has 0 spiro atoms. The van der Waals surface area contributed by atoms with Crippen LogP contribution in [0.1, 0.15) is 29.9 Å². The number of phenolic OH excluding ortho intramolecular Hbond substituents is 1. The SMILES string of the molecule is CNCC(=O)Nc1cc(C2CC2)c(-c2ccc(C(F)(F)F)cc2O)nn1. The molecule has 6 nitrogen and oxygen atoms in total. The van der Waals surface area contributed by atoms with Crippen LogP contribution in [-0.4, -0.2) is 34.8 Å². The molecule has 1 aromatic carbocycles. The molecular weight excluding hydrogens is 349 g/mol. The van der Waals surface area contributed by atoms with Gasteiger partial charge in [0.25, 0.3) is 0 Å². The molecule has 3 rings (SSSR count). The van der Waals surface area contributed by atoms with Gasteiger partial charge in [0.2, 0.25) is 5.91 Å². The summed E-state index contributed by atoms with van der Waals surface area (Å²) >= 11 is 0. The van der Waals surface area contributed by atoms with E-state index in [1.807, 2.05) is 0 Å². The van der Waals surface area contributed by atoms with Crippen LogP contribution in [0.25, 0.3) is 11.3 Å². The van der Waals surface area contributed by atoms with E-state index in [0.717, 1.165) is 24.5 Å². The normalized spacial score (nSPS) is 14.3. The van der Waals surface area contributed by atoms with Crippen molar-refractivity contribution < 1.29 is 23.1 Å². The summed E-state index contributed by atoms with van der Waals surface area (Å²) in [5, 5.41) is 23.4. The van der Waals surface area contributed by atoms with E-state index in [1.54, 1.807) is 13.1 Å². The van der Waals surface area contributed by atoms with Gasteiger partial charge in [0.1, 0.15) is 11.4 Å². The maximum absolute atomic E-state index is 12.8. The Hall–Kier alpha value is -2.68. The molecule has 1 amide bonds. The van der Waals surface area contributed by atoms with Crippen LogP contribution in [0, 0.1) is 0 Å². The summed E-state index contributed by atoms with van der Waals surface area (Å²) < 4.78 is 38.3. The first kappa shape index (κ1) is 18.1. The lowest BCUT2D eigenvalue weighted by atomic mass is 10.0. The van der Waals surface area contributed by atoms with Crippen molar-refractivity contribution in [3.63, 3.8) is 0 Å². The molecule has 0 saturated heterocycles. The number of nitrogens with one attached hydrogen (secondary N) is 2. The predicted octanol–water partition coefficient (Wildman–Crippen LogP) is 2.90. The third-order valence-electron chi connectivity index (χ3n) is 4.03. The first-order valence-electron chi connectivity index (χ1n) is 8.02. The standard InChI is InChI=1S/C17H17F3N4O2/c1-21-8-15(26)22-14-7-12(9-2-3-9)16(24-23-14)11-5-4-10(6-13(11)25)17(18,19)20/h4-7,9,21,25H,2-3,8H2,1H3,(H,22,23,26). The van der Waals surface area contributed by atoms with Crippen molar-refractivity contribution in [2.45, 2.75) is 24.9 Å². The van der Waals surface area contributed by atoms with Gasteiger partial charge in [0.15, 0.2) is 5.82 Å². The van der Waals surface area contributed by atoms with E-state index in [4.69, 9.17) is 0 Å². The lowest BCUT2D eigenvalue weighted by Crippen LogP contribution is -2.25. The fourth-order valence-electron chi connectivity index (χ4n) is 2.64. The van der Waals surface area contributed by atoms with Crippen LogP contribution in [0.2, 0.25) is 0 Å². The highest BCUT2D eigenvalue weighted by molar-refractivity contribution is 5.91. The second-order valence-electron chi connectivity index (χ2n) is 6.12. The number of aromatic nitrogens is 2. The van der Waals surface area contributed by atoms with Crippen LogP contribution in [0.5, 0.6) is 5.75 Å². The molecule has 138 valence electrons. The van der Waals surface area contributed by atoms with Crippen LogP contribution >= 0.6 is 0 Å². The van der Waals surface area contributed by atoms with Crippen molar-refractivity contribution in [3.8, 4) is 17.0 Å². The fourth-order valence-corrected chi connectivity index (χ4v) is 2.64. The summed E-state index contributed by atoms with van der Waals surface area (Å²) in [6.45, 7) is 0.113. The molecule has 9 heteroatoms. The highest BCUT2D eigenvalue weighted by Crippen LogP contribution is 2.46. The Labute approximate surface area is 147 Å². The lowest BCUT2D eigenvalue weighted by Gasteiger charge is -2.13. The van der Waals surface area contributed by atoms with E-state index in [-0.39, 0.29) is 29.8 Å². The Balaban J connectivity index is 1.96. The lowest BCUT2D eigenvalue weighted by molar-refractivity contribution is -0.137. The summed E-state index contributed by atoms with van der Waals surface area (Å²) in [6.07, 6.45) is -2.73. The number of likely N-dealkylation sites (N-methyl/N-ethyl adjacent to an activating group) is 1. The number of rotatable bonds is 5. The van der Waals surface area contributed by atoms with Gasteiger partial charge in [0, 0.05) is 5.56 Å². The van der Waals surface area contributed by atoms with Gasteiger partial charge < -0.3 is 15.7 Å². The monoisotopic (exact) mass is 366 g/mol. The van der Waals surface area contributed by atoms with Gasteiger partial charge >= 0.3 is 6.18 Å². The Bertz CT molecular complexity index is 835. The van der Waals surface area contributed by atoms with Gasteiger partial charge in [-0.15, -0.1) is 10.2 Å². The van der Waals surface area contributed by atoms with Crippen molar-refractivity contribution >= 4 is 11.7 Å². The molecule has 2 aromatic rings. The molecule has 3 N–H and O–H groups in total. The smallest absolute Gasteiger partial charge is 0.416 e. The minimum Gasteiger partial charge on any atom is -0.507 e. The number of alkyl halides is 3. The molecule has 1 aliphatic carbocycles. The molecule has 1 heterocycles. The molecule has 0 radical (unpaired) electrons. The number of halogens is 3. The number of phenols is 1. The molecule has 1 fully saturated rings. The Morgan fingerprint density at radius 2 is 2.00 bits per heavy atom. The van der Waals surface area contributed by atoms with Crippen LogP contribution in [0.15, 0.2) is 24.3 Å². The third-order valence-corrected chi connectivity index (χ3v) is 4.03. The number of amides is 1. The molecule has 0 unspecified atom stereocenters. The van der Waals surface area contributed by atoms with Gasteiger partial charge in [0.05, 0.1) is 12.1 Å². The van der Waals surface area contributed by atoms with Gasteiger partial charge in [-0.2, -0.15) is 13.2 Å². The van der Waals surface area contributed by atoms with Crippen molar-refractivity contribution in [2.24, 2.45) is 0 Å². The van der Waals surface area contributed by atoms with Crippen molar-refractivity contribution in [3.05, 3.63) is 35.4 Å². The third kappa shape index (κ3) is 3.93. The number of carbonyl (C=O) groups is 1. The zero-order valence-electron chi connectivity index (χ0n) is 13.9. The predicted molar refractivity (Wildman–Crippen MR) is 88.7 cm³/mol. The van der Waals surface area contributed by atoms with Gasteiger partial charge in [-0.1, -0.05) is 0 Å². The van der Waals surface area contributed by atoms with E-state index in [9.17, 15) is 23.1 Å². The van der Waals surface area contributed by atoms with Crippen LogP contribution in [0.4, 0.5) is 19.0 Å². The number of nitrogens with zero attached hydrogens (tertiary/aromatic N) is 2. The highest BCUT2D eigenvalue weighted by Gasteiger charge is 2.33. The molecule has 26 heavy (non-hydrogen) atoms. The molecule has 1 aromatic heterocycles. The molecular formula is C17H17F3N4O2. The number of aromatic hydroxyl groups is 1. The van der Waals surface area contributed by atoms with Gasteiger partial charge in [-0.3, -0.25) is 4.79 Å².